The van der Waals surface area contributed by atoms with Gasteiger partial charge in [-0.3, -0.25) is 19.7 Å². The van der Waals surface area contributed by atoms with Gasteiger partial charge in [-0.1, -0.05) is 13.8 Å². The predicted molar refractivity (Wildman–Crippen MR) is 93.3 cm³/mol. The first-order valence-electron chi connectivity index (χ1n) is 7.66. The molecule has 7 nitrogen and oxygen atoms in total. The summed E-state index contributed by atoms with van der Waals surface area (Å²) in [7, 11) is 0. The van der Waals surface area contributed by atoms with Crippen molar-refractivity contribution in [1.82, 2.24) is 15.3 Å². The van der Waals surface area contributed by atoms with Gasteiger partial charge in [-0.05, 0) is 24.5 Å². The van der Waals surface area contributed by atoms with Crippen molar-refractivity contribution in [2.75, 3.05) is 11.9 Å². The summed E-state index contributed by atoms with van der Waals surface area (Å²) in [4.78, 5) is 42.0. The van der Waals surface area contributed by atoms with Crippen LogP contribution in [-0.4, -0.2) is 28.3 Å². The minimum Gasteiger partial charge on any atom is -0.356 e. The van der Waals surface area contributed by atoms with Crippen LogP contribution in [0.5, 0.6) is 0 Å². The van der Waals surface area contributed by atoms with Crippen molar-refractivity contribution < 1.29 is 9.59 Å². The van der Waals surface area contributed by atoms with E-state index in [2.05, 4.69) is 20.6 Å². The summed E-state index contributed by atoms with van der Waals surface area (Å²) in [5.74, 6) is -0.110. The molecule has 0 radical (unpaired) electrons. The van der Waals surface area contributed by atoms with Crippen LogP contribution < -0.4 is 16.2 Å². The van der Waals surface area contributed by atoms with Gasteiger partial charge in [-0.25, -0.2) is 4.98 Å². The smallest absolute Gasteiger partial charge is 0.263 e. The number of carbonyl (C=O) groups excluding carboxylic acids is 2. The Labute approximate surface area is 143 Å². The van der Waals surface area contributed by atoms with E-state index < -0.39 is 11.5 Å². The first-order valence-corrected chi connectivity index (χ1v) is 8.54. The first kappa shape index (κ1) is 17.9. The number of amides is 2. The van der Waals surface area contributed by atoms with Crippen LogP contribution in [0.1, 0.15) is 36.3 Å². The van der Waals surface area contributed by atoms with E-state index in [1.54, 1.807) is 11.4 Å². The van der Waals surface area contributed by atoms with Crippen molar-refractivity contribution in [3.05, 3.63) is 45.3 Å². The second-order valence-electron chi connectivity index (χ2n) is 5.71. The van der Waals surface area contributed by atoms with Gasteiger partial charge in [0.2, 0.25) is 5.91 Å². The van der Waals surface area contributed by atoms with Crippen LogP contribution in [0.25, 0.3) is 0 Å². The number of hydrogen-bond acceptors (Lipinski definition) is 5. The van der Waals surface area contributed by atoms with Crippen LogP contribution in [0.4, 0.5) is 5.13 Å². The second-order valence-corrected chi connectivity index (χ2v) is 6.57. The third-order valence-corrected chi connectivity index (χ3v) is 3.96. The first-order chi connectivity index (χ1) is 11.5. The Hall–Kier alpha value is -2.48. The molecular weight excluding hydrogens is 328 g/mol. The van der Waals surface area contributed by atoms with Crippen molar-refractivity contribution in [2.24, 2.45) is 5.92 Å². The highest BCUT2D eigenvalue weighted by atomic mass is 32.1. The van der Waals surface area contributed by atoms with Gasteiger partial charge in [0.25, 0.3) is 11.5 Å². The monoisotopic (exact) mass is 348 g/mol. The van der Waals surface area contributed by atoms with Gasteiger partial charge in [0, 0.05) is 24.5 Å². The van der Waals surface area contributed by atoms with E-state index in [0.29, 0.717) is 30.4 Å². The number of pyridine rings is 1. The molecule has 2 aromatic heterocycles. The SMILES string of the molecule is CC(C)CNC(=O)CCc1csc(NC(=O)c2ccc[nH]c2=O)n1. The lowest BCUT2D eigenvalue weighted by molar-refractivity contribution is -0.121. The van der Waals surface area contributed by atoms with Gasteiger partial charge in [0.15, 0.2) is 5.13 Å². The fraction of sp³-hybridized carbons (Fsp3) is 0.375. The van der Waals surface area contributed by atoms with Crippen LogP contribution in [0.3, 0.4) is 0 Å². The largest absolute Gasteiger partial charge is 0.356 e. The van der Waals surface area contributed by atoms with Crippen LogP contribution in [0.2, 0.25) is 0 Å². The molecule has 8 heteroatoms. The summed E-state index contributed by atoms with van der Waals surface area (Å²) in [5, 5.41) is 7.64. The topological polar surface area (TPSA) is 104 Å². The molecule has 0 saturated carbocycles. The van der Waals surface area contributed by atoms with Crippen LogP contribution in [-0.2, 0) is 11.2 Å². The molecule has 3 N–H and O–H groups in total. The van der Waals surface area contributed by atoms with Gasteiger partial charge in [-0.15, -0.1) is 11.3 Å². The number of aromatic nitrogens is 2. The highest BCUT2D eigenvalue weighted by Gasteiger charge is 2.12. The van der Waals surface area contributed by atoms with Gasteiger partial charge >= 0.3 is 0 Å². The van der Waals surface area contributed by atoms with Gasteiger partial charge < -0.3 is 10.3 Å². The zero-order chi connectivity index (χ0) is 17.5. The van der Waals surface area contributed by atoms with Crippen molar-refractivity contribution in [3.8, 4) is 0 Å². The number of anilines is 1. The average molecular weight is 348 g/mol. The maximum absolute atomic E-state index is 12.0. The molecule has 2 amide bonds. The molecule has 0 aliphatic carbocycles. The Kier molecular flexibility index (Phi) is 6.25. The lowest BCUT2D eigenvalue weighted by Gasteiger charge is -2.06. The highest BCUT2D eigenvalue weighted by Crippen LogP contribution is 2.17. The minimum absolute atomic E-state index is 0.0156. The van der Waals surface area contributed by atoms with Crippen molar-refractivity contribution in [2.45, 2.75) is 26.7 Å². The van der Waals surface area contributed by atoms with E-state index in [-0.39, 0.29) is 11.5 Å². The van der Waals surface area contributed by atoms with Gasteiger partial charge in [-0.2, -0.15) is 0 Å². The minimum atomic E-state index is -0.507. The zero-order valence-electron chi connectivity index (χ0n) is 13.6. The molecule has 0 aliphatic heterocycles. The molecule has 2 heterocycles. The average Bonchev–Trinajstić information content (AvgIpc) is 2.98. The maximum Gasteiger partial charge on any atom is 0.263 e. The Bertz CT molecular complexity index is 766. The van der Waals surface area contributed by atoms with Gasteiger partial charge in [0.05, 0.1) is 5.69 Å². The number of nitrogens with one attached hydrogen (secondary N) is 3. The van der Waals surface area contributed by atoms with E-state index in [9.17, 15) is 14.4 Å². The third kappa shape index (κ3) is 5.31. The fourth-order valence-electron chi connectivity index (χ4n) is 1.89. The Morgan fingerprint density at radius 3 is 2.88 bits per heavy atom. The standard InChI is InChI=1S/C16H20N4O3S/c1-10(2)8-18-13(21)6-5-11-9-24-16(19-11)20-15(23)12-4-3-7-17-14(12)22/h3-4,7,9-10H,5-6,8H2,1-2H3,(H,17,22)(H,18,21)(H,19,20,23). The maximum atomic E-state index is 12.0. The number of H-pyrrole nitrogens is 1. The molecule has 0 aliphatic rings. The highest BCUT2D eigenvalue weighted by molar-refractivity contribution is 7.14. The molecule has 0 bridgehead atoms. The molecule has 0 spiro atoms. The van der Waals surface area contributed by atoms with E-state index in [0.717, 1.165) is 5.69 Å². The lowest BCUT2D eigenvalue weighted by atomic mass is 10.2. The van der Waals surface area contributed by atoms with E-state index in [4.69, 9.17) is 0 Å². The normalized spacial score (nSPS) is 10.6. The summed E-state index contributed by atoms with van der Waals surface area (Å²) >= 11 is 1.26. The number of carbonyl (C=O) groups is 2. The quantitative estimate of drug-likeness (QED) is 0.709. The number of nitrogens with zero attached hydrogens (tertiary/aromatic N) is 1. The van der Waals surface area contributed by atoms with E-state index in [1.807, 2.05) is 13.8 Å². The fourth-order valence-corrected chi connectivity index (χ4v) is 2.63. The Balaban J connectivity index is 1.87. The Morgan fingerprint density at radius 1 is 1.38 bits per heavy atom. The molecule has 128 valence electrons. The molecule has 0 aromatic carbocycles. The van der Waals surface area contributed by atoms with Crippen molar-refractivity contribution in [1.29, 1.82) is 0 Å². The van der Waals surface area contributed by atoms with Crippen LogP contribution in [0.15, 0.2) is 28.5 Å². The summed E-state index contributed by atoms with van der Waals surface area (Å²) in [6, 6.07) is 3.03. The number of rotatable bonds is 7. The van der Waals surface area contributed by atoms with Gasteiger partial charge in [0.1, 0.15) is 5.56 Å². The number of hydrogen-bond donors (Lipinski definition) is 3. The van der Waals surface area contributed by atoms with E-state index in [1.165, 1.54) is 23.6 Å². The number of aromatic amines is 1. The second kappa shape index (κ2) is 8.39. The van der Waals surface area contributed by atoms with Crippen LogP contribution in [0, 0.1) is 5.92 Å². The summed E-state index contributed by atoms with van der Waals surface area (Å²) in [6.45, 7) is 4.73. The number of thiazole rings is 1. The summed E-state index contributed by atoms with van der Waals surface area (Å²) in [5.41, 5.74) is 0.313. The molecule has 24 heavy (non-hydrogen) atoms. The molecule has 0 saturated heterocycles. The molecular formula is C16H20N4O3S. The summed E-state index contributed by atoms with van der Waals surface area (Å²) in [6.07, 6.45) is 2.31. The zero-order valence-corrected chi connectivity index (χ0v) is 14.4. The van der Waals surface area contributed by atoms with Crippen molar-refractivity contribution in [3.63, 3.8) is 0 Å². The molecule has 2 rings (SSSR count). The summed E-state index contributed by atoms with van der Waals surface area (Å²) < 4.78 is 0. The predicted octanol–water partition coefficient (Wildman–Crippen LogP) is 1.79. The molecule has 0 fully saturated rings. The number of aryl methyl sites for hydroxylation is 1. The lowest BCUT2D eigenvalue weighted by Crippen LogP contribution is -2.27. The molecule has 0 atom stereocenters. The third-order valence-electron chi connectivity index (χ3n) is 3.15. The van der Waals surface area contributed by atoms with Crippen LogP contribution >= 0.6 is 11.3 Å². The molecule has 0 unspecified atom stereocenters. The molecule has 2 aromatic rings. The van der Waals surface area contributed by atoms with Crippen molar-refractivity contribution >= 4 is 28.3 Å². The Morgan fingerprint density at radius 2 is 2.17 bits per heavy atom. The van der Waals surface area contributed by atoms with E-state index >= 15 is 0 Å².